The number of hydrogen-bond donors (Lipinski definition) is 0. The number of unbranched alkanes of at least 4 members (excludes halogenated alkanes) is 3. The van der Waals surface area contributed by atoms with Gasteiger partial charge < -0.3 is 14.2 Å². The van der Waals surface area contributed by atoms with Crippen molar-refractivity contribution in [1.82, 2.24) is 9.97 Å². The van der Waals surface area contributed by atoms with E-state index in [4.69, 9.17) is 9.47 Å². The standard InChI is InChI=1S/C26H27F13N2O6/c1-2-3-4-5-13-44-19-15-17(20-40-10-6-11-41-20)8-9-18(19)43-14-7-12-42-16-21(27,28)45-22(29,30)23(31,32)46-24(33,34)25(35,36)47-26(37,38)39/h6,8-11,15H,2-5,7,12-14,16H2,1H3. The van der Waals surface area contributed by atoms with Crippen LogP contribution >= 0.6 is 0 Å². The summed E-state index contributed by atoms with van der Waals surface area (Å²) in [5.41, 5.74) is 0.576. The van der Waals surface area contributed by atoms with E-state index in [1.165, 1.54) is 18.5 Å². The van der Waals surface area contributed by atoms with Crippen molar-refractivity contribution >= 4 is 0 Å². The van der Waals surface area contributed by atoms with Gasteiger partial charge in [0.2, 0.25) is 0 Å². The van der Waals surface area contributed by atoms with Gasteiger partial charge in [-0.1, -0.05) is 26.2 Å². The molecule has 0 fully saturated rings. The van der Waals surface area contributed by atoms with Gasteiger partial charge in [-0.3, -0.25) is 0 Å². The first-order valence-corrected chi connectivity index (χ1v) is 13.4. The van der Waals surface area contributed by atoms with Gasteiger partial charge in [0.15, 0.2) is 17.3 Å². The molecule has 2 aromatic rings. The summed E-state index contributed by atoms with van der Waals surface area (Å²) in [6.07, 6.45) is -33.5. The number of aromatic nitrogens is 2. The smallest absolute Gasteiger partial charge is 0.490 e. The molecule has 268 valence electrons. The fourth-order valence-corrected chi connectivity index (χ4v) is 3.33. The lowest BCUT2D eigenvalue weighted by Crippen LogP contribution is -2.57. The number of alkyl halides is 13. The molecule has 0 saturated carbocycles. The average molecular weight is 710 g/mol. The summed E-state index contributed by atoms with van der Waals surface area (Å²) in [4.78, 5) is 8.26. The van der Waals surface area contributed by atoms with Crippen molar-refractivity contribution in [1.29, 1.82) is 0 Å². The summed E-state index contributed by atoms with van der Waals surface area (Å²) in [5, 5.41) is 0. The third kappa shape index (κ3) is 12.8. The molecular weight excluding hydrogens is 683 g/mol. The molecular formula is C26H27F13N2O6. The molecule has 2 rings (SSSR count). The highest BCUT2D eigenvalue weighted by atomic mass is 19.4. The molecule has 0 amide bonds. The number of rotatable bonds is 21. The maximum atomic E-state index is 13.8. The van der Waals surface area contributed by atoms with Crippen molar-refractivity contribution in [3.8, 4) is 22.9 Å². The molecule has 0 aliphatic carbocycles. The third-order valence-electron chi connectivity index (χ3n) is 5.44. The van der Waals surface area contributed by atoms with E-state index in [1.807, 2.05) is 6.92 Å². The molecule has 0 bridgehead atoms. The van der Waals surface area contributed by atoms with E-state index in [0.717, 1.165) is 25.7 Å². The van der Waals surface area contributed by atoms with E-state index in [-0.39, 0.29) is 24.5 Å². The Kier molecular flexibility index (Phi) is 13.9. The highest BCUT2D eigenvalue weighted by Crippen LogP contribution is 2.48. The van der Waals surface area contributed by atoms with Gasteiger partial charge in [0, 0.05) is 24.4 Å². The molecule has 0 N–H and O–H groups in total. The van der Waals surface area contributed by atoms with Crippen LogP contribution in [0.1, 0.15) is 39.0 Å². The van der Waals surface area contributed by atoms with Gasteiger partial charge in [-0.25, -0.2) is 24.2 Å². The molecule has 1 aromatic heterocycles. The summed E-state index contributed by atoms with van der Waals surface area (Å²) in [5.74, 6) is 0.869. The van der Waals surface area contributed by atoms with Crippen LogP contribution in [0.2, 0.25) is 0 Å². The first kappa shape index (κ1) is 40.0. The van der Waals surface area contributed by atoms with Crippen molar-refractivity contribution in [2.75, 3.05) is 26.4 Å². The molecule has 0 atom stereocenters. The number of benzene rings is 1. The van der Waals surface area contributed by atoms with Crippen LogP contribution in [0.15, 0.2) is 36.7 Å². The zero-order valence-electron chi connectivity index (χ0n) is 24.1. The Balaban J connectivity index is 1.92. The van der Waals surface area contributed by atoms with Crippen LogP contribution in [0.5, 0.6) is 11.5 Å². The van der Waals surface area contributed by atoms with Crippen LogP contribution in [-0.4, -0.2) is 73.3 Å². The van der Waals surface area contributed by atoms with Crippen LogP contribution in [-0.2, 0) is 18.9 Å². The Morgan fingerprint density at radius 2 is 1.15 bits per heavy atom. The van der Waals surface area contributed by atoms with E-state index in [1.54, 1.807) is 27.7 Å². The molecule has 0 radical (unpaired) electrons. The summed E-state index contributed by atoms with van der Waals surface area (Å²) in [7, 11) is 0. The first-order chi connectivity index (χ1) is 21.6. The molecule has 1 heterocycles. The molecule has 0 spiro atoms. The molecule has 21 heteroatoms. The van der Waals surface area contributed by atoms with Crippen molar-refractivity contribution in [3.05, 3.63) is 36.7 Å². The van der Waals surface area contributed by atoms with Gasteiger partial charge in [-0.15, -0.1) is 13.2 Å². The predicted octanol–water partition coefficient (Wildman–Crippen LogP) is 8.42. The average Bonchev–Trinajstić information content (AvgIpc) is 2.93. The fraction of sp³-hybridized carbons (Fsp3) is 0.615. The first-order valence-electron chi connectivity index (χ1n) is 13.4. The van der Waals surface area contributed by atoms with E-state index in [0.29, 0.717) is 18.0 Å². The lowest BCUT2D eigenvalue weighted by molar-refractivity contribution is -0.564. The Labute approximate surface area is 258 Å². The number of hydrogen-bond acceptors (Lipinski definition) is 8. The second-order valence-electron chi connectivity index (χ2n) is 9.35. The SMILES string of the molecule is CCCCCCOc1cc(-c2ncccn2)ccc1OCCCOCC(F)(F)OC(F)(F)C(F)(F)OC(F)(F)C(F)(F)OC(F)(F)F. The number of ether oxygens (including phenoxy) is 6. The predicted molar refractivity (Wildman–Crippen MR) is 132 cm³/mol. The lowest BCUT2D eigenvalue weighted by Gasteiger charge is -2.33. The number of nitrogens with zero attached hydrogens (tertiary/aromatic N) is 2. The fourth-order valence-electron chi connectivity index (χ4n) is 3.33. The third-order valence-corrected chi connectivity index (χ3v) is 5.44. The summed E-state index contributed by atoms with van der Waals surface area (Å²) in [6, 6.07) is 6.31. The molecule has 1 aromatic carbocycles. The Bertz CT molecular complexity index is 1240. The maximum absolute atomic E-state index is 13.8. The minimum Gasteiger partial charge on any atom is -0.490 e. The van der Waals surface area contributed by atoms with E-state index in [9.17, 15) is 57.1 Å². The molecule has 0 aliphatic heterocycles. The quantitative estimate of drug-likeness (QED) is 0.0944. The van der Waals surface area contributed by atoms with Crippen molar-refractivity contribution in [3.63, 3.8) is 0 Å². The Morgan fingerprint density at radius 3 is 1.74 bits per heavy atom. The Hall–Kier alpha value is -3.17. The van der Waals surface area contributed by atoms with Gasteiger partial charge in [0.25, 0.3) is 0 Å². The van der Waals surface area contributed by atoms with Crippen LogP contribution < -0.4 is 9.47 Å². The molecule has 0 aliphatic rings. The topological polar surface area (TPSA) is 81.2 Å². The normalized spacial score (nSPS) is 13.6. The van der Waals surface area contributed by atoms with Gasteiger partial charge in [0.1, 0.15) is 6.61 Å². The van der Waals surface area contributed by atoms with E-state index >= 15 is 0 Å². The summed E-state index contributed by atoms with van der Waals surface area (Å²) < 4.78 is 191. The van der Waals surface area contributed by atoms with Crippen LogP contribution in [0, 0.1) is 0 Å². The van der Waals surface area contributed by atoms with Gasteiger partial charge in [-0.05, 0) is 30.7 Å². The molecule has 47 heavy (non-hydrogen) atoms. The minimum absolute atomic E-state index is 0.207. The van der Waals surface area contributed by atoms with E-state index < -0.39 is 50.1 Å². The lowest BCUT2D eigenvalue weighted by atomic mass is 10.2. The van der Waals surface area contributed by atoms with Crippen molar-refractivity contribution in [2.24, 2.45) is 0 Å². The second kappa shape index (κ2) is 16.3. The molecule has 8 nitrogen and oxygen atoms in total. The molecule has 0 unspecified atom stereocenters. The van der Waals surface area contributed by atoms with Crippen molar-refractivity contribution in [2.45, 2.75) is 75.9 Å². The van der Waals surface area contributed by atoms with Crippen LogP contribution in [0.4, 0.5) is 57.1 Å². The highest BCUT2D eigenvalue weighted by molar-refractivity contribution is 5.60. The van der Waals surface area contributed by atoms with Gasteiger partial charge in [0.05, 0.1) is 19.8 Å². The maximum Gasteiger partial charge on any atom is 0.527 e. The minimum atomic E-state index is -7.11. The largest absolute Gasteiger partial charge is 0.527 e. The monoisotopic (exact) mass is 710 g/mol. The summed E-state index contributed by atoms with van der Waals surface area (Å²) >= 11 is 0. The Morgan fingerprint density at radius 1 is 0.596 bits per heavy atom. The highest BCUT2D eigenvalue weighted by Gasteiger charge is 2.74. The second-order valence-corrected chi connectivity index (χ2v) is 9.35. The zero-order chi connectivity index (χ0) is 35.6. The summed E-state index contributed by atoms with van der Waals surface area (Å²) in [6.45, 7) is -0.785. The van der Waals surface area contributed by atoms with Crippen molar-refractivity contribution < 1.29 is 85.5 Å². The number of halogens is 13. The van der Waals surface area contributed by atoms with Crippen LogP contribution in [0.25, 0.3) is 11.4 Å². The van der Waals surface area contributed by atoms with Crippen LogP contribution in [0.3, 0.4) is 0 Å². The van der Waals surface area contributed by atoms with Gasteiger partial charge >= 0.3 is 36.9 Å². The van der Waals surface area contributed by atoms with Gasteiger partial charge in [-0.2, -0.15) is 43.9 Å². The molecule has 0 saturated heterocycles. The zero-order valence-corrected chi connectivity index (χ0v) is 24.1. The van der Waals surface area contributed by atoms with E-state index in [2.05, 4.69) is 19.4 Å².